The quantitative estimate of drug-likeness (QED) is 0.757. The van der Waals surface area contributed by atoms with Crippen LogP contribution in [0.5, 0.6) is 11.5 Å². The summed E-state index contributed by atoms with van der Waals surface area (Å²) in [5.41, 5.74) is 12.3. The van der Waals surface area contributed by atoms with Gasteiger partial charge < -0.3 is 19.7 Å². The third-order valence-corrected chi connectivity index (χ3v) is 4.73. The smallest absolute Gasteiger partial charge is 0.223 e. The maximum Gasteiger partial charge on any atom is 0.223 e. The topological polar surface area (TPSA) is 61.8 Å². The van der Waals surface area contributed by atoms with E-state index in [0.29, 0.717) is 6.54 Å². The summed E-state index contributed by atoms with van der Waals surface area (Å²) in [6.45, 7) is 2.68. The molecule has 0 spiro atoms. The molecule has 1 aromatic carbocycles. The summed E-state index contributed by atoms with van der Waals surface area (Å²) in [5.74, 6) is 1.52. The summed E-state index contributed by atoms with van der Waals surface area (Å²) in [7, 11) is 5.34. The molecule has 3 rings (SSSR count). The Labute approximate surface area is 167 Å². The monoisotopic (exact) mass is 375 g/mol. The van der Waals surface area contributed by atoms with E-state index in [9.17, 15) is 0 Å². The van der Waals surface area contributed by atoms with E-state index in [2.05, 4.69) is 23.5 Å². The van der Waals surface area contributed by atoms with Crippen molar-refractivity contribution < 1.29 is 9.47 Å². The minimum Gasteiger partial charge on any atom is -0.497 e. The lowest BCUT2D eigenvalue weighted by Crippen LogP contribution is -2.05. The first kappa shape index (κ1) is 19.8. The number of ether oxygens (including phenoxy) is 2. The third kappa shape index (κ3) is 4.29. The Bertz CT molecular complexity index is 961. The first-order valence-electron chi connectivity index (χ1n) is 9.29. The molecule has 1 aliphatic heterocycles. The molecule has 144 valence electrons. The normalized spacial score (nSPS) is 15.6. The van der Waals surface area contributed by atoms with Gasteiger partial charge in [-0.3, -0.25) is 0 Å². The van der Waals surface area contributed by atoms with Crippen molar-refractivity contribution in [3.8, 4) is 11.5 Å². The Hall–Kier alpha value is -2.99. The number of methoxy groups -OCH3 is 2. The zero-order valence-corrected chi connectivity index (χ0v) is 16.9. The Kier molecular flexibility index (Phi) is 6.21. The lowest BCUT2D eigenvalue weighted by Gasteiger charge is -2.11. The van der Waals surface area contributed by atoms with Crippen molar-refractivity contribution >= 4 is 25.3 Å². The van der Waals surface area contributed by atoms with Gasteiger partial charge in [-0.25, -0.2) is 4.99 Å². The number of hydrogen-bond donors (Lipinski definition) is 1. The predicted octanol–water partition coefficient (Wildman–Crippen LogP) is 3.08. The van der Waals surface area contributed by atoms with E-state index in [1.54, 1.807) is 14.2 Å². The van der Waals surface area contributed by atoms with E-state index in [-0.39, 0.29) is 0 Å². The first-order chi connectivity index (χ1) is 13.5. The molecular weight excluding hydrogens is 349 g/mol. The number of rotatable bonds is 7. The fraction of sp³-hybridized carbons (Fsp3) is 0.227. The number of aromatic nitrogens is 1. The van der Waals surface area contributed by atoms with Crippen LogP contribution in [0.15, 0.2) is 64.9 Å². The second-order valence-corrected chi connectivity index (χ2v) is 6.71. The fourth-order valence-corrected chi connectivity index (χ4v) is 3.32. The number of benzene rings is 1. The van der Waals surface area contributed by atoms with Crippen molar-refractivity contribution in [3.05, 3.63) is 71.2 Å². The Morgan fingerprint density at radius 2 is 1.89 bits per heavy atom. The number of hydrogen-bond acceptors (Lipinski definition) is 4. The highest BCUT2D eigenvalue weighted by atomic mass is 16.5. The lowest BCUT2D eigenvalue weighted by molar-refractivity contribution is 0.394. The van der Waals surface area contributed by atoms with Gasteiger partial charge in [0.15, 0.2) is 0 Å². The molecule has 1 aromatic heterocycles. The van der Waals surface area contributed by atoms with Crippen LogP contribution in [-0.4, -0.2) is 38.9 Å². The molecule has 2 N–H and O–H groups in total. The van der Waals surface area contributed by atoms with Crippen LogP contribution < -0.4 is 15.2 Å². The van der Waals surface area contributed by atoms with Crippen molar-refractivity contribution in [1.29, 1.82) is 0 Å². The van der Waals surface area contributed by atoms with Gasteiger partial charge in [-0.2, -0.15) is 0 Å². The van der Waals surface area contributed by atoms with Crippen molar-refractivity contribution in [2.75, 3.05) is 20.8 Å². The lowest BCUT2D eigenvalue weighted by atomic mass is 10.0. The van der Waals surface area contributed by atoms with Crippen LogP contribution in [0, 0.1) is 0 Å². The minimum absolute atomic E-state index is 0.585. The molecule has 0 bridgehead atoms. The SMILES string of the molecule is Bn1cccc1/C(CCN)=C1N=C(/C=C/c2cc(OC)cc(OC)c2)C=C\1C. The predicted molar refractivity (Wildman–Crippen MR) is 119 cm³/mol. The fourth-order valence-electron chi connectivity index (χ4n) is 3.32. The van der Waals surface area contributed by atoms with Crippen molar-refractivity contribution in [2.24, 2.45) is 10.7 Å². The van der Waals surface area contributed by atoms with Crippen LogP contribution >= 0.6 is 0 Å². The van der Waals surface area contributed by atoms with E-state index in [0.717, 1.165) is 46.2 Å². The first-order valence-corrected chi connectivity index (χ1v) is 9.29. The van der Waals surface area contributed by atoms with Gasteiger partial charge in [0.25, 0.3) is 0 Å². The highest BCUT2D eigenvalue weighted by Crippen LogP contribution is 2.31. The van der Waals surface area contributed by atoms with E-state index >= 15 is 0 Å². The summed E-state index contributed by atoms with van der Waals surface area (Å²) >= 11 is 0. The van der Waals surface area contributed by atoms with Crippen LogP contribution in [0.2, 0.25) is 0 Å². The summed E-state index contributed by atoms with van der Waals surface area (Å²) in [6, 6.07) is 9.93. The molecule has 0 saturated carbocycles. The van der Waals surface area contributed by atoms with Gasteiger partial charge in [0.2, 0.25) is 7.98 Å². The second kappa shape index (κ2) is 8.80. The molecule has 0 atom stereocenters. The van der Waals surface area contributed by atoms with Gasteiger partial charge in [-0.15, -0.1) is 0 Å². The molecule has 28 heavy (non-hydrogen) atoms. The summed E-state index contributed by atoms with van der Waals surface area (Å²) in [6.07, 6.45) is 8.95. The zero-order chi connectivity index (χ0) is 20.1. The van der Waals surface area contributed by atoms with Gasteiger partial charge in [-0.1, -0.05) is 6.08 Å². The van der Waals surface area contributed by atoms with Crippen molar-refractivity contribution in [1.82, 2.24) is 4.48 Å². The van der Waals surface area contributed by atoms with Gasteiger partial charge in [0.05, 0.1) is 25.6 Å². The van der Waals surface area contributed by atoms with Crippen LogP contribution in [0.1, 0.15) is 24.6 Å². The maximum absolute atomic E-state index is 5.87. The van der Waals surface area contributed by atoms with Gasteiger partial charge in [-0.05, 0) is 73.6 Å². The molecule has 0 saturated heterocycles. The van der Waals surface area contributed by atoms with Crippen LogP contribution in [-0.2, 0) is 0 Å². The Balaban J connectivity index is 1.94. The number of allylic oxidation sites excluding steroid dienone is 3. The van der Waals surface area contributed by atoms with E-state index in [1.165, 1.54) is 5.57 Å². The van der Waals surface area contributed by atoms with Crippen LogP contribution in [0.4, 0.5) is 0 Å². The van der Waals surface area contributed by atoms with Crippen molar-refractivity contribution in [3.63, 3.8) is 0 Å². The number of nitrogens with two attached hydrogens (primary N) is 1. The van der Waals surface area contributed by atoms with E-state index < -0.39 is 0 Å². The molecule has 0 radical (unpaired) electrons. The van der Waals surface area contributed by atoms with Gasteiger partial charge in [0, 0.05) is 17.3 Å². The Morgan fingerprint density at radius 1 is 1.18 bits per heavy atom. The third-order valence-electron chi connectivity index (χ3n) is 4.73. The van der Waals surface area contributed by atoms with Gasteiger partial charge in [0.1, 0.15) is 11.5 Å². The molecule has 0 aliphatic carbocycles. The van der Waals surface area contributed by atoms with Gasteiger partial charge >= 0.3 is 0 Å². The minimum atomic E-state index is 0.585. The molecule has 6 heteroatoms. The zero-order valence-electron chi connectivity index (χ0n) is 16.9. The average Bonchev–Trinajstić information content (AvgIpc) is 3.29. The summed E-state index contributed by atoms with van der Waals surface area (Å²) in [4.78, 5) is 4.87. The molecule has 0 unspecified atom stereocenters. The summed E-state index contributed by atoms with van der Waals surface area (Å²) in [5, 5.41) is 0. The largest absolute Gasteiger partial charge is 0.497 e. The van der Waals surface area contributed by atoms with E-state index in [1.807, 2.05) is 50.6 Å². The number of nitrogens with zero attached hydrogens (tertiary/aromatic N) is 2. The van der Waals surface area contributed by atoms with Crippen LogP contribution in [0.25, 0.3) is 11.6 Å². The molecule has 2 heterocycles. The Morgan fingerprint density at radius 3 is 2.46 bits per heavy atom. The molecule has 2 aromatic rings. The maximum atomic E-state index is 5.87. The van der Waals surface area contributed by atoms with Crippen molar-refractivity contribution in [2.45, 2.75) is 13.3 Å². The highest BCUT2D eigenvalue weighted by molar-refractivity contribution is 6.11. The number of aliphatic imine (C=N–C) groups is 1. The molecule has 1 aliphatic rings. The highest BCUT2D eigenvalue weighted by Gasteiger charge is 2.16. The molecule has 0 amide bonds. The second-order valence-electron chi connectivity index (χ2n) is 6.71. The average molecular weight is 375 g/mol. The molecule has 0 fully saturated rings. The standard InChI is InChI=1S/C22H26BN3O2/c1-15-11-17(7-6-16-12-18(27-2)14-19(13-16)28-3)25-22(15)20(8-9-24)21-5-4-10-26(21)23/h4-7,10-14H,8-9,23-24H2,1-3H3/b7-6+,22-20-. The van der Waals surface area contributed by atoms with Crippen LogP contribution in [0.3, 0.4) is 0 Å². The molecular formula is C22H26BN3O2. The van der Waals surface area contributed by atoms with E-state index in [4.69, 9.17) is 20.2 Å². The molecule has 5 nitrogen and oxygen atoms in total. The summed E-state index contributed by atoms with van der Waals surface area (Å²) < 4.78 is 12.8.